The van der Waals surface area contributed by atoms with Gasteiger partial charge < -0.3 is 15.6 Å². The van der Waals surface area contributed by atoms with Gasteiger partial charge in [-0.25, -0.2) is 0 Å². The number of alkyl halides is 3. The molecule has 0 heterocycles. The van der Waals surface area contributed by atoms with E-state index in [2.05, 4.69) is 0 Å². The minimum absolute atomic E-state index is 0.210. The van der Waals surface area contributed by atoms with E-state index in [0.29, 0.717) is 5.75 Å². The van der Waals surface area contributed by atoms with Crippen LogP contribution in [0, 0.1) is 0 Å². The van der Waals surface area contributed by atoms with Crippen LogP contribution < -0.4 is 10.5 Å². The number of methoxy groups -OCH3 is 1. The molecule has 4 nitrogen and oxygen atoms in total. The zero-order chi connectivity index (χ0) is 13.9. The fourth-order valence-corrected chi connectivity index (χ4v) is 1.55. The number of hydrogen-bond donors (Lipinski definition) is 2. The molecule has 0 aliphatic heterocycles. The largest absolute Gasteiger partial charge is 0.497 e. The summed E-state index contributed by atoms with van der Waals surface area (Å²) < 4.78 is 43.3. The molecule has 100 valence electrons. The number of benzene rings is 1. The summed E-state index contributed by atoms with van der Waals surface area (Å²) in [6.07, 6.45) is -4.73. The first-order valence-corrected chi connectivity index (χ1v) is 4.96. The van der Waals surface area contributed by atoms with E-state index < -0.39 is 24.1 Å². The molecule has 0 aromatic heterocycles. The quantitative estimate of drug-likeness (QED) is 0.868. The first-order valence-electron chi connectivity index (χ1n) is 4.96. The van der Waals surface area contributed by atoms with Crippen molar-refractivity contribution in [3.63, 3.8) is 0 Å². The number of carboxylic acids is 1. The Kier molecular flexibility index (Phi) is 4.18. The van der Waals surface area contributed by atoms with Crippen molar-refractivity contribution in [1.82, 2.24) is 0 Å². The molecule has 1 aromatic rings. The highest BCUT2D eigenvalue weighted by Gasteiger charge is 2.47. The van der Waals surface area contributed by atoms with Crippen molar-refractivity contribution in [3.05, 3.63) is 29.8 Å². The van der Waals surface area contributed by atoms with Crippen LogP contribution in [0.2, 0.25) is 0 Å². The van der Waals surface area contributed by atoms with E-state index in [-0.39, 0.29) is 5.56 Å². The summed E-state index contributed by atoms with van der Waals surface area (Å²) in [5.74, 6) is -3.57. The van der Waals surface area contributed by atoms with E-state index in [1.54, 1.807) is 0 Å². The van der Waals surface area contributed by atoms with Crippen LogP contribution in [-0.4, -0.2) is 30.4 Å². The summed E-state index contributed by atoms with van der Waals surface area (Å²) in [6.45, 7) is 0. The molecular weight excluding hydrogens is 251 g/mol. The Morgan fingerprint density at radius 2 is 1.83 bits per heavy atom. The molecule has 0 fully saturated rings. The second-order valence-electron chi connectivity index (χ2n) is 3.66. The Hall–Kier alpha value is -1.76. The topological polar surface area (TPSA) is 72.5 Å². The normalized spacial score (nSPS) is 14.9. The number of aliphatic carboxylic acids is 1. The van der Waals surface area contributed by atoms with Gasteiger partial charge in [-0.05, 0) is 17.7 Å². The van der Waals surface area contributed by atoms with Crippen LogP contribution in [0.15, 0.2) is 24.3 Å². The number of hydrogen-bond acceptors (Lipinski definition) is 3. The Bertz CT molecular complexity index is 417. The van der Waals surface area contributed by atoms with Crippen molar-refractivity contribution in [3.8, 4) is 5.75 Å². The third-order valence-electron chi connectivity index (χ3n) is 2.47. The average molecular weight is 263 g/mol. The number of ether oxygens (including phenoxy) is 1. The highest BCUT2D eigenvalue weighted by Crippen LogP contribution is 2.37. The standard InChI is InChI=1S/C11H12F3NO3/c1-18-7-4-2-6(3-5-7)8(11(12,13)14)9(15)10(16)17/h2-5,8-9H,15H2,1H3,(H,16,17). The minimum Gasteiger partial charge on any atom is -0.497 e. The van der Waals surface area contributed by atoms with Gasteiger partial charge in [0, 0.05) is 0 Å². The maximum absolute atomic E-state index is 12.8. The van der Waals surface area contributed by atoms with Crippen molar-refractivity contribution in [2.24, 2.45) is 5.73 Å². The Morgan fingerprint density at radius 3 is 2.17 bits per heavy atom. The smallest absolute Gasteiger partial charge is 0.397 e. The van der Waals surface area contributed by atoms with Gasteiger partial charge >= 0.3 is 12.1 Å². The molecule has 1 aromatic carbocycles. The average Bonchev–Trinajstić information content (AvgIpc) is 2.28. The van der Waals surface area contributed by atoms with Crippen LogP contribution in [0.3, 0.4) is 0 Å². The second-order valence-corrected chi connectivity index (χ2v) is 3.66. The molecule has 18 heavy (non-hydrogen) atoms. The molecule has 7 heteroatoms. The molecular formula is C11H12F3NO3. The zero-order valence-corrected chi connectivity index (χ0v) is 9.44. The Balaban J connectivity index is 3.13. The number of halogens is 3. The monoisotopic (exact) mass is 263 g/mol. The van der Waals surface area contributed by atoms with Gasteiger partial charge in [0.2, 0.25) is 0 Å². The predicted octanol–water partition coefficient (Wildman–Crippen LogP) is 1.75. The molecule has 0 bridgehead atoms. The van der Waals surface area contributed by atoms with Crippen LogP contribution in [0.4, 0.5) is 13.2 Å². The van der Waals surface area contributed by atoms with E-state index in [4.69, 9.17) is 15.6 Å². The van der Waals surface area contributed by atoms with Crippen molar-refractivity contribution in [2.45, 2.75) is 18.1 Å². The lowest BCUT2D eigenvalue weighted by Gasteiger charge is -2.24. The third-order valence-corrected chi connectivity index (χ3v) is 2.47. The van der Waals surface area contributed by atoms with Gasteiger partial charge in [0.05, 0.1) is 7.11 Å². The van der Waals surface area contributed by atoms with Gasteiger partial charge in [-0.3, -0.25) is 4.79 Å². The first kappa shape index (κ1) is 14.3. The summed E-state index contributed by atoms with van der Waals surface area (Å²) in [5.41, 5.74) is 4.89. The Morgan fingerprint density at radius 1 is 1.33 bits per heavy atom. The van der Waals surface area contributed by atoms with Gasteiger partial charge in [0.1, 0.15) is 17.7 Å². The van der Waals surface area contributed by atoms with Crippen LogP contribution in [-0.2, 0) is 4.79 Å². The molecule has 2 unspecified atom stereocenters. The SMILES string of the molecule is COc1ccc(C(C(N)C(=O)O)C(F)(F)F)cc1. The van der Waals surface area contributed by atoms with Crippen molar-refractivity contribution in [2.75, 3.05) is 7.11 Å². The highest BCUT2D eigenvalue weighted by molar-refractivity contribution is 5.75. The summed E-state index contributed by atoms with van der Waals surface area (Å²) >= 11 is 0. The van der Waals surface area contributed by atoms with E-state index in [9.17, 15) is 18.0 Å². The van der Waals surface area contributed by atoms with Gasteiger partial charge in [0.25, 0.3) is 0 Å². The van der Waals surface area contributed by atoms with Gasteiger partial charge in [-0.1, -0.05) is 12.1 Å². The molecule has 0 amide bonds. The zero-order valence-electron chi connectivity index (χ0n) is 9.44. The van der Waals surface area contributed by atoms with E-state index in [0.717, 1.165) is 12.1 Å². The molecule has 1 rings (SSSR count). The molecule has 0 saturated carbocycles. The van der Waals surface area contributed by atoms with Crippen molar-refractivity contribution >= 4 is 5.97 Å². The third kappa shape index (κ3) is 3.13. The predicted molar refractivity (Wildman–Crippen MR) is 57.4 cm³/mol. The van der Waals surface area contributed by atoms with E-state index in [1.807, 2.05) is 0 Å². The first-order chi connectivity index (χ1) is 8.27. The van der Waals surface area contributed by atoms with Crippen LogP contribution in [0.5, 0.6) is 5.75 Å². The lowest BCUT2D eigenvalue weighted by Crippen LogP contribution is -2.43. The lowest BCUT2D eigenvalue weighted by atomic mass is 9.91. The van der Waals surface area contributed by atoms with Crippen LogP contribution in [0.25, 0.3) is 0 Å². The minimum atomic E-state index is -4.73. The Labute approximate surface area is 101 Å². The van der Waals surface area contributed by atoms with Crippen LogP contribution in [0.1, 0.15) is 11.5 Å². The molecule has 0 spiro atoms. The van der Waals surface area contributed by atoms with Crippen LogP contribution >= 0.6 is 0 Å². The summed E-state index contributed by atoms with van der Waals surface area (Å²) in [5, 5.41) is 8.63. The van der Waals surface area contributed by atoms with Crippen molar-refractivity contribution < 1.29 is 27.8 Å². The summed E-state index contributed by atoms with van der Waals surface area (Å²) in [7, 11) is 1.37. The molecule has 3 N–H and O–H groups in total. The lowest BCUT2D eigenvalue weighted by molar-refractivity contribution is -0.167. The van der Waals surface area contributed by atoms with Gasteiger partial charge in [-0.15, -0.1) is 0 Å². The molecule has 2 atom stereocenters. The van der Waals surface area contributed by atoms with Gasteiger partial charge in [-0.2, -0.15) is 13.2 Å². The second kappa shape index (κ2) is 5.26. The molecule has 0 saturated heterocycles. The number of carboxylic acid groups (broad SMARTS) is 1. The maximum atomic E-state index is 12.8. The number of rotatable bonds is 4. The van der Waals surface area contributed by atoms with E-state index >= 15 is 0 Å². The molecule has 0 aliphatic carbocycles. The fraction of sp³-hybridized carbons (Fsp3) is 0.364. The van der Waals surface area contributed by atoms with E-state index in [1.165, 1.54) is 19.2 Å². The summed E-state index contributed by atoms with van der Waals surface area (Å²) in [4.78, 5) is 10.6. The summed E-state index contributed by atoms with van der Waals surface area (Å²) in [6, 6.07) is 2.91. The highest BCUT2D eigenvalue weighted by atomic mass is 19.4. The molecule has 0 aliphatic rings. The number of carbonyl (C=O) groups is 1. The fourth-order valence-electron chi connectivity index (χ4n) is 1.55. The number of nitrogens with two attached hydrogens (primary N) is 1. The van der Waals surface area contributed by atoms with Gasteiger partial charge in [0.15, 0.2) is 0 Å². The van der Waals surface area contributed by atoms with Crippen molar-refractivity contribution in [1.29, 1.82) is 0 Å². The maximum Gasteiger partial charge on any atom is 0.397 e. The molecule has 0 radical (unpaired) electrons.